The average Bonchev–Trinajstić information content (AvgIpc) is 3.30. The minimum atomic E-state index is -0.0168. The second-order valence-electron chi connectivity index (χ2n) is 7.90. The van der Waals surface area contributed by atoms with Crippen molar-refractivity contribution in [2.75, 3.05) is 7.11 Å². The molecule has 0 fully saturated rings. The highest BCUT2D eigenvalue weighted by Gasteiger charge is 2.15. The van der Waals surface area contributed by atoms with Gasteiger partial charge in [0, 0.05) is 31.1 Å². The van der Waals surface area contributed by atoms with Crippen LogP contribution in [-0.2, 0) is 24.4 Å². The van der Waals surface area contributed by atoms with E-state index in [1.54, 1.807) is 13.2 Å². The molecule has 1 heterocycles. The second-order valence-corrected chi connectivity index (χ2v) is 7.90. The summed E-state index contributed by atoms with van der Waals surface area (Å²) in [5, 5.41) is 0. The fourth-order valence-corrected chi connectivity index (χ4v) is 3.76. The predicted octanol–water partition coefficient (Wildman–Crippen LogP) is 5.79. The molecule has 0 aliphatic heterocycles. The molecule has 3 aromatic carbocycles. The van der Waals surface area contributed by atoms with E-state index >= 15 is 0 Å². The number of aromatic nitrogens is 1. The molecule has 0 atom stereocenters. The van der Waals surface area contributed by atoms with Crippen LogP contribution in [0.5, 0.6) is 5.75 Å². The van der Waals surface area contributed by atoms with E-state index in [1.165, 1.54) is 0 Å². The van der Waals surface area contributed by atoms with Gasteiger partial charge in [-0.05, 0) is 47.0 Å². The predicted molar refractivity (Wildman–Crippen MR) is 133 cm³/mol. The fourth-order valence-electron chi connectivity index (χ4n) is 3.76. The smallest absolute Gasteiger partial charge is 0.247 e. The van der Waals surface area contributed by atoms with E-state index < -0.39 is 0 Å². The maximum Gasteiger partial charge on any atom is 0.247 e. The Morgan fingerprint density at radius 1 is 0.848 bits per heavy atom. The van der Waals surface area contributed by atoms with Crippen LogP contribution in [0.2, 0.25) is 0 Å². The largest absolute Gasteiger partial charge is 0.497 e. The van der Waals surface area contributed by atoms with Gasteiger partial charge in [0.05, 0.1) is 13.7 Å². The normalized spacial score (nSPS) is 10.9. The molecular formula is C29H28N2O2. The molecule has 0 aliphatic rings. The number of benzene rings is 3. The third-order valence-corrected chi connectivity index (χ3v) is 5.51. The zero-order chi connectivity index (χ0) is 22.9. The first-order valence-corrected chi connectivity index (χ1v) is 11.0. The van der Waals surface area contributed by atoms with Crippen molar-refractivity contribution in [2.45, 2.75) is 19.6 Å². The molecule has 4 heteroatoms. The molecule has 1 aromatic heterocycles. The lowest BCUT2D eigenvalue weighted by atomic mass is 10.2. The lowest BCUT2D eigenvalue weighted by Crippen LogP contribution is -2.29. The summed E-state index contributed by atoms with van der Waals surface area (Å²) in [5.74, 6) is 0.824. The Balaban J connectivity index is 1.54. The summed E-state index contributed by atoms with van der Waals surface area (Å²) < 4.78 is 7.54. The number of carbonyl (C=O) groups excluding carboxylic acids is 1. The van der Waals surface area contributed by atoms with Gasteiger partial charge in [-0.15, -0.1) is 0 Å². The zero-order valence-electron chi connectivity index (χ0n) is 18.8. The molecule has 0 bridgehead atoms. The Morgan fingerprint density at radius 2 is 1.58 bits per heavy atom. The van der Waals surface area contributed by atoms with Gasteiger partial charge in [0.2, 0.25) is 5.91 Å². The summed E-state index contributed by atoms with van der Waals surface area (Å²) in [6.45, 7) is 1.78. The number of methoxy groups -OCH3 is 1. The van der Waals surface area contributed by atoms with Crippen molar-refractivity contribution in [2.24, 2.45) is 0 Å². The lowest BCUT2D eigenvalue weighted by Gasteiger charge is -2.23. The van der Waals surface area contributed by atoms with Crippen molar-refractivity contribution in [3.05, 3.63) is 132 Å². The van der Waals surface area contributed by atoms with Crippen molar-refractivity contribution in [1.29, 1.82) is 0 Å². The van der Waals surface area contributed by atoms with Gasteiger partial charge in [-0.3, -0.25) is 4.79 Å². The van der Waals surface area contributed by atoms with Crippen LogP contribution in [0, 0.1) is 0 Å². The molecule has 4 rings (SSSR count). The Morgan fingerprint density at radius 3 is 2.33 bits per heavy atom. The highest BCUT2D eigenvalue weighted by molar-refractivity contribution is 5.91. The quantitative estimate of drug-likeness (QED) is 0.311. The van der Waals surface area contributed by atoms with E-state index in [4.69, 9.17) is 4.74 Å². The molecule has 4 nitrogen and oxygen atoms in total. The number of hydrogen-bond donors (Lipinski definition) is 0. The number of nitrogens with zero attached hydrogens (tertiary/aromatic N) is 2. The molecule has 33 heavy (non-hydrogen) atoms. The molecule has 0 saturated carbocycles. The minimum absolute atomic E-state index is 0.0168. The van der Waals surface area contributed by atoms with Crippen LogP contribution in [-0.4, -0.2) is 22.5 Å². The van der Waals surface area contributed by atoms with E-state index in [0.717, 1.165) is 28.1 Å². The Bertz CT molecular complexity index is 1200. The van der Waals surface area contributed by atoms with Crippen LogP contribution >= 0.6 is 0 Å². The van der Waals surface area contributed by atoms with Crippen molar-refractivity contribution >= 4 is 12.0 Å². The molecule has 0 radical (unpaired) electrons. The lowest BCUT2D eigenvalue weighted by molar-refractivity contribution is -0.127. The SMILES string of the molecule is COc1cccc(Cn2cccc2CN(Cc2ccccc2)C(=O)C=Cc2ccccc2)c1. The average molecular weight is 437 g/mol. The minimum Gasteiger partial charge on any atom is -0.497 e. The molecule has 166 valence electrons. The van der Waals surface area contributed by atoms with Crippen LogP contribution in [0.15, 0.2) is 109 Å². The summed E-state index contributed by atoms with van der Waals surface area (Å²) in [6, 6.07) is 32.2. The van der Waals surface area contributed by atoms with Crippen LogP contribution in [0.1, 0.15) is 22.4 Å². The van der Waals surface area contributed by atoms with Gasteiger partial charge in [-0.2, -0.15) is 0 Å². The van der Waals surface area contributed by atoms with Crippen LogP contribution in [0.4, 0.5) is 0 Å². The number of rotatable bonds is 9. The first-order valence-electron chi connectivity index (χ1n) is 11.0. The Kier molecular flexibility index (Phi) is 7.39. The molecule has 0 spiro atoms. The number of amides is 1. The topological polar surface area (TPSA) is 34.5 Å². The van der Waals surface area contributed by atoms with E-state index in [0.29, 0.717) is 19.6 Å². The monoisotopic (exact) mass is 436 g/mol. The fraction of sp³-hybridized carbons (Fsp3) is 0.138. The van der Waals surface area contributed by atoms with E-state index in [9.17, 15) is 4.79 Å². The molecule has 0 unspecified atom stereocenters. The van der Waals surface area contributed by atoms with Gasteiger partial charge in [-0.1, -0.05) is 72.8 Å². The highest BCUT2D eigenvalue weighted by atomic mass is 16.5. The molecule has 0 N–H and O–H groups in total. The van der Waals surface area contributed by atoms with Crippen LogP contribution in [0.25, 0.3) is 6.08 Å². The number of carbonyl (C=O) groups is 1. The van der Waals surface area contributed by atoms with Crippen molar-refractivity contribution in [3.63, 3.8) is 0 Å². The molecule has 0 aliphatic carbocycles. The molecule has 0 saturated heterocycles. The highest BCUT2D eigenvalue weighted by Crippen LogP contribution is 2.17. The maximum absolute atomic E-state index is 13.2. The third kappa shape index (κ3) is 6.23. The second kappa shape index (κ2) is 11.0. The van der Waals surface area contributed by atoms with Crippen molar-refractivity contribution in [1.82, 2.24) is 9.47 Å². The summed E-state index contributed by atoms with van der Waals surface area (Å²) in [4.78, 5) is 15.1. The first kappa shape index (κ1) is 22.2. The summed E-state index contributed by atoms with van der Waals surface area (Å²) in [5.41, 5.74) is 4.34. The molecule has 4 aromatic rings. The van der Waals surface area contributed by atoms with Gasteiger partial charge in [0.1, 0.15) is 5.75 Å². The van der Waals surface area contributed by atoms with Crippen molar-refractivity contribution in [3.8, 4) is 5.75 Å². The van der Waals surface area contributed by atoms with Gasteiger partial charge >= 0.3 is 0 Å². The van der Waals surface area contributed by atoms with Gasteiger partial charge in [0.15, 0.2) is 0 Å². The van der Waals surface area contributed by atoms with Gasteiger partial charge in [-0.25, -0.2) is 0 Å². The zero-order valence-corrected chi connectivity index (χ0v) is 18.8. The maximum atomic E-state index is 13.2. The van der Waals surface area contributed by atoms with Gasteiger partial charge < -0.3 is 14.2 Å². The van der Waals surface area contributed by atoms with E-state index in [-0.39, 0.29) is 5.91 Å². The standard InChI is InChI=1S/C29H28N2O2/c1-33-28-16-8-14-26(20-28)22-30-19-9-15-27(30)23-31(21-25-12-6-3-7-13-25)29(32)18-17-24-10-4-2-5-11-24/h2-20H,21-23H2,1H3. The van der Waals surface area contributed by atoms with Crippen molar-refractivity contribution < 1.29 is 9.53 Å². The van der Waals surface area contributed by atoms with E-state index in [2.05, 4.69) is 35.0 Å². The first-order chi connectivity index (χ1) is 16.2. The van der Waals surface area contributed by atoms with Crippen LogP contribution in [0.3, 0.4) is 0 Å². The summed E-state index contributed by atoms with van der Waals surface area (Å²) >= 11 is 0. The number of hydrogen-bond acceptors (Lipinski definition) is 2. The third-order valence-electron chi connectivity index (χ3n) is 5.51. The number of ether oxygens (including phenoxy) is 1. The van der Waals surface area contributed by atoms with Crippen LogP contribution < -0.4 is 4.74 Å². The van der Waals surface area contributed by atoms with Gasteiger partial charge in [0.25, 0.3) is 0 Å². The Hall–Kier alpha value is -4.05. The summed E-state index contributed by atoms with van der Waals surface area (Å²) in [7, 11) is 1.68. The van der Waals surface area contributed by atoms with E-state index in [1.807, 2.05) is 83.8 Å². The molecule has 1 amide bonds. The molecular weight excluding hydrogens is 408 g/mol. The Labute approximate surface area is 195 Å². The summed E-state index contributed by atoms with van der Waals surface area (Å²) in [6.07, 6.45) is 5.59.